The van der Waals surface area contributed by atoms with E-state index in [0.29, 0.717) is 0 Å². The van der Waals surface area contributed by atoms with Gasteiger partial charge in [-0.1, -0.05) is 11.3 Å². The fourth-order valence-corrected chi connectivity index (χ4v) is 2.03. The lowest BCUT2D eigenvalue weighted by Gasteiger charge is -1.71. The van der Waals surface area contributed by atoms with Crippen molar-refractivity contribution in [1.82, 2.24) is 10.2 Å². The summed E-state index contributed by atoms with van der Waals surface area (Å²) in [5, 5.41) is 7.39. The summed E-state index contributed by atoms with van der Waals surface area (Å²) in [6.07, 6.45) is 0. The van der Waals surface area contributed by atoms with Crippen LogP contribution in [0, 0.1) is 0 Å². The van der Waals surface area contributed by atoms with E-state index in [1.54, 1.807) is 25.8 Å². The van der Waals surface area contributed by atoms with Crippen molar-refractivity contribution in [2.24, 2.45) is 0 Å². The van der Waals surface area contributed by atoms with Crippen molar-refractivity contribution in [3.05, 3.63) is 5.51 Å². The molecule has 0 aromatic carbocycles. The van der Waals surface area contributed by atoms with Crippen molar-refractivity contribution in [2.75, 3.05) is 0 Å². The molecule has 1 aromatic rings. The number of halogens is 1. The minimum Gasteiger partial charge on any atom is -0.146 e. The molecule has 0 bridgehead atoms. The van der Waals surface area contributed by atoms with E-state index in [2.05, 4.69) is 31.4 Å². The predicted molar refractivity (Wildman–Crippen MR) is 39.8 cm³/mol. The highest BCUT2D eigenvalue weighted by atomic mass is 127. The predicted octanol–water partition coefficient (Wildman–Crippen LogP) is 1.98. The molecule has 0 amide bonds. The minimum atomic E-state index is 1.01. The second-order valence-electron chi connectivity index (χ2n) is 0.782. The molecule has 0 spiro atoms. The zero-order valence-electron chi connectivity index (χ0n) is 3.17. The molecule has 0 fully saturated rings. The van der Waals surface area contributed by atoms with Gasteiger partial charge in [0.25, 0.3) is 0 Å². The minimum absolute atomic E-state index is 1.01. The van der Waals surface area contributed by atoms with Crippen LogP contribution in [0.1, 0.15) is 0 Å². The monoisotopic (exact) mass is 244 g/mol. The molecule has 1 heterocycles. The van der Waals surface area contributed by atoms with E-state index in [0.717, 1.165) is 4.34 Å². The molecule has 5 heteroatoms. The lowest BCUT2D eigenvalue weighted by molar-refractivity contribution is 1.01. The van der Waals surface area contributed by atoms with Gasteiger partial charge in [0.2, 0.25) is 0 Å². The topological polar surface area (TPSA) is 25.8 Å². The highest BCUT2D eigenvalue weighted by Gasteiger charge is 1.89. The van der Waals surface area contributed by atoms with Gasteiger partial charge in [0, 0.05) is 21.2 Å². The van der Waals surface area contributed by atoms with Crippen molar-refractivity contribution in [2.45, 2.75) is 4.34 Å². The van der Waals surface area contributed by atoms with Crippen LogP contribution in [-0.4, -0.2) is 10.2 Å². The Morgan fingerprint density at radius 1 is 1.86 bits per heavy atom. The molecule has 0 unspecified atom stereocenters. The number of aromatic nitrogens is 2. The zero-order valence-corrected chi connectivity index (χ0v) is 6.96. The summed E-state index contributed by atoms with van der Waals surface area (Å²) in [4.78, 5) is 0. The Kier molecular flexibility index (Phi) is 2.33. The van der Waals surface area contributed by atoms with Crippen LogP contribution in [0.15, 0.2) is 9.85 Å². The Bertz CT molecular complexity index is 128. The lowest BCUT2D eigenvalue weighted by Crippen LogP contribution is -1.61. The van der Waals surface area contributed by atoms with Crippen molar-refractivity contribution < 1.29 is 0 Å². The Morgan fingerprint density at radius 2 is 2.71 bits per heavy atom. The van der Waals surface area contributed by atoms with Crippen LogP contribution in [0.3, 0.4) is 0 Å². The van der Waals surface area contributed by atoms with Gasteiger partial charge in [-0.3, -0.25) is 0 Å². The fourth-order valence-electron chi connectivity index (χ4n) is 0.197. The first-order valence-corrected chi connectivity index (χ1v) is 5.72. The maximum atomic E-state index is 3.76. The number of rotatable bonds is 1. The van der Waals surface area contributed by atoms with Crippen molar-refractivity contribution in [3.63, 3.8) is 0 Å². The Morgan fingerprint density at radius 3 is 3.00 bits per heavy atom. The normalized spacial score (nSPS) is 9.29. The molecule has 0 radical (unpaired) electrons. The molecule has 2 nitrogen and oxygen atoms in total. The molecule has 0 atom stereocenters. The quantitative estimate of drug-likeness (QED) is 0.706. The highest BCUT2D eigenvalue weighted by Crippen LogP contribution is 2.24. The van der Waals surface area contributed by atoms with E-state index in [9.17, 15) is 0 Å². The molecule has 0 N–H and O–H groups in total. The molecule has 0 aliphatic carbocycles. The van der Waals surface area contributed by atoms with Crippen LogP contribution in [0.4, 0.5) is 0 Å². The fraction of sp³-hybridized carbons (Fsp3) is 0. The molecule has 0 aliphatic rings. The van der Waals surface area contributed by atoms with Gasteiger partial charge < -0.3 is 0 Å². The summed E-state index contributed by atoms with van der Waals surface area (Å²) in [6, 6.07) is 0. The summed E-state index contributed by atoms with van der Waals surface area (Å²) >= 11 is 3.73. The summed E-state index contributed by atoms with van der Waals surface area (Å²) in [5.41, 5.74) is 1.72. The number of hydrogen-bond donors (Lipinski definition) is 0. The average Bonchev–Trinajstić information content (AvgIpc) is 2.14. The molecule has 0 saturated carbocycles. The van der Waals surface area contributed by atoms with Crippen LogP contribution in [0.5, 0.6) is 0 Å². The summed E-state index contributed by atoms with van der Waals surface area (Å²) in [7, 11) is 1.59. The third-order valence-electron chi connectivity index (χ3n) is 0.406. The largest absolute Gasteiger partial charge is 0.184 e. The van der Waals surface area contributed by atoms with Gasteiger partial charge in [0.1, 0.15) is 5.51 Å². The van der Waals surface area contributed by atoms with E-state index in [4.69, 9.17) is 0 Å². The van der Waals surface area contributed by atoms with Crippen molar-refractivity contribution in [1.29, 1.82) is 0 Å². The van der Waals surface area contributed by atoms with Gasteiger partial charge in [0.15, 0.2) is 4.34 Å². The van der Waals surface area contributed by atoms with E-state index < -0.39 is 0 Å². The van der Waals surface area contributed by atoms with E-state index in [-0.39, 0.29) is 0 Å². The lowest BCUT2D eigenvalue weighted by atomic mass is 11.6. The Hall–Kier alpha value is 0.640. The molecule has 7 heavy (non-hydrogen) atoms. The van der Waals surface area contributed by atoms with Gasteiger partial charge in [-0.2, -0.15) is 0 Å². The molecule has 0 aliphatic heterocycles. The molecule has 1 rings (SSSR count). The number of nitrogens with zero attached hydrogens (tertiary/aromatic N) is 2. The molecular formula is C2HIN2S2. The highest BCUT2D eigenvalue weighted by molar-refractivity contribution is 14.2. The maximum absolute atomic E-state index is 3.76. The number of hydrogen-bond acceptors (Lipinski definition) is 4. The Labute approximate surface area is 61.3 Å². The van der Waals surface area contributed by atoms with Crippen LogP contribution < -0.4 is 0 Å². The smallest absolute Gasteiger partial charge is 0.146 e. The standard InChI is InChI=1S/C2HIN2S2/c3-7-2-5-4-1-6-2/h1H. The van der Waals surface area contributed by atoms with Gasteiger partial charge in [-0.05, 0) is 8.93 Å². The first-order valence-electron chi connectivity index (χ1n) is 1.48. The Balaban J connectivity index is 2.76. The van der Waals surface area contributed by atoms with Gasteiger partial charge >= 0.3 is 0 Å². The second-order valence-corrected chi connectivity index (χ2v) is 3.74. The average molecular weight is 244 g/mol. The first-order chi connectivity index (χ1) is 3.43. The third-order valence-corrected chi connectivity index (χ3v) is 3.79. The first kappa shape index (κ1) is 5.77. The van der Waals surface area contributed by atoms with Crippen molar-refractivity contribution >= 4 is 41.5 Å². The SMILES string of the molecule is ISc1nncs1. The van der Waals surface area contributed by atoms with Gasteiger partial charge in [-0.15, -0.1) is 10.2 Å². The second kappa shape index (κ2) is 2.83. The maximum Gasteiger partial charge on any atom is 0.184 e. The van der Waals surface area contributed by atoms with E-state index in [1.807, 2.05) is 0 Å². The molecule has 1 aromatic heterocycles. The molecule has 38 valence electrons. The van der Waals surface area contributed by atoms with Crippen LogP contribution in [0.25, 0.3) is 0 Å². The van der Waals surface area contributed by atoms with Crippen molar-refractivity contribution in [3.8, 4) is 0 Å². The summed E-state index contributed by atoms with van der Waals surface area (Å²) in [5.74, 6) is 0. The zero-order chi connectivity index (χ0) is 5.11. The summed E-state index contributed by atoms with van der Waals surface area (Å²) < 4.78 is 1.01. The van der Waals surface area contributed by atoms with E-state index in [1.165, 1.54) is 0 Å². The molecule has 0 saturated heterocycles. The van der Waals surface area contributed by atoms with E-state index >= 15 is 0 Å². The van der Waals surface area contributed by atoms with Crippen LogP contribution >= 0.6 is 41.5 Å². The molecular weight excluding hydrogens is 243 g/mol. The third kappa shape index (κ3) is 1.54. The summed E-state index contributed by atoms with van der Waals surface area (Å²) in [6.45, 7) is 0. The van der Waals surface area contributed by atoms with Crippen LogP contribution in [0.2, 0.25) is 0 Å². The van der Waals surface area contributed by atoms with Crippen LogP contribution in [-0.2, 0) is 0 Å². The van der Waals surface area contributed by atoms with Gasteiger partial charge in [0.05, 0.1) is 0 Å². The van der Waals surface area contributed by atoms with Gasteiger partial charge in [-0.25, -0.2) is 0 Å².